The maximum Gasteiger partial charge on any atom is 0.267 e. The Labute approximate surface area is 143 Å². The van der Waals surface area contributed by atoms with Crippen LogP contribution in [-0.2, 0) is 26.1 Å². The van der Waals surface area contributed by atoms with Crippen LogP contribution in [0.25, 0.3) is 0 Å². The van der Waals surface area contributed by atoms with Gasteiger partial charge in [0.15, 0.2) is 0 Å². The van der Waals surface area contributed by atoms with E-state index in [1.54, 1.807) is 0 Å². The highest BCUT2D eigenvalue weighted by atomic mass is 35.5. The zero-order valence-electron chi connectivity index (χ0n) is 12.7. The van der Waals surface area contributed by atoms with Crippen molar-refractivity contribution in [1.29, 1.82) is 0 Å². The Morgan fingerprint density at radius 1 is 1.38 bits per heavy atom. The number of sulfonamides is 1. The van der Waals surface area contributed by atoms with Crippen molar-refractivity contribution in [1.82, 2.24) is 19.5 Å². The lowest BCUT2D eigenvalue weighted by Gasteiger charge is -2.13. The summed E-state index contributed by atoms with van der Waals surface area (Å²) in [6, 6.07) is 4.10. The summed E-state index contributed by atoms with van der Waals surface area (Å²) in [5.41, 5.74) is 0. The number of methoxy groups -OCH3 is 1. The fraction of sp³-hybridized carbons (Fsp3) is 0.308. The summed E-state index contributed by atoms with van der Waals surface area (Å²) in [6.45, 7) is 0.133. The molecule has 9 nitrogen and oxygen atoms in total. The number of nitrogens with one attached hydrogen (secondary N) is 1. The van der Waals surface area contributed by atoms with Gasteiger partial charge in [-0.1, -0.05) is 11.6 Å². The summed E-state index contributed by atoms with van der Waals surface area (Å²) < 4.78 is 38.2. The van der Waals surface area contributed by atoms with Crippen molar-refractivity contribution in [2.45, 2.75) is 11.4 Å². The van der Waals surface area contributed by atoms with E-state index in [1.165, 1.54) is 42.6 Å². The first kappa shape index (κ1) is 18.2. The maximum absolute atomic E-state index is 12.4. The third kappa shape index (κ3) is 4.91. The van der Waals surface area contributed by atoms with Gasteiger partial charge >= 0.3 is 0 Å². The molecule has 24 heavy (non-hydrogen) atoms. The van der Waals surface area contributed by atoms with Crippen LogP contribution in [0.1, 0.15) is 0 Å². The van der Waals surface area contributed by atoms with Crippen LogP contribution in [0.3, 0.4) is 0 Å². The zero-order valence-corrected chi connectivity index (χ0v) is 14.2. The molecule has 0 aliphatic rings. The van der Waals surface area contributed by atoms with E-state index in [2.05, 4.69) is 10.1 Å². The van der Waals surface area contributed by atoms with Gasteiger partial charge in [-0.2, -0.15) is 5.10 Å². The monoisotopic (exact) mass is 374 g/mol. The molecule has 1 heterocycles. The minimum Gasteiger partial charge on any atom is -0.490 e. The van der Waals surface area contributed by atoms with E-state index in [1.807, 2.05) is 4.72 Å². The second-order valence-corrected chi connectivity index (χ2v) is 6.64. The molecule has 2 aromatic rings. The van der Waals surface area contributed by atoms with Crippen molar-refractivity contribution in [2.75, 3.05) is 20.3 Å². The number of hydrogen-bond donors (Lipinski definition) is 1. The molecule has 130 valence electrons. The molecule has 0 saturated heterocycles. The van der Waals surface area contributed by atoms with Gasteiger partial charge in [-0.3, -0.25) is 4.79 Å². The van der Waals surface area contributed by atoms with Crippen LogP contribution >= 0.6 is 11.6 Å². The first-order valence-corrected chi connectivity index (χ1v) is 8.58. The Bertz CT molecular complexity index is 795. The average Bonchev–Trinajstić information content (AvgIpc) is 3.01. The predicted molar refractivity (Wildman–Crippen MR) is 84.2 cm³/mol. The number of amides is 1. The molecule has 0 unspecified atom stereocenters. The second kappa shape index (κ2) is 8.08. The lowest BCUT2D eigenvalue weighted by atomic mass is 10.3. The van der Waals surface area contributed by atoms with E-state index in [4.69, 9.17) is 21.1 Å². The van der Waals surface area contributed by atoms with E-state index in [9.17, 15) is 13.2 Å². The van der Waals surface area contributed by atoms with Gasteiger partial charge in [0, 0.05) is 12.1 Å². The largest absolute Gasteiger partial charge is 0.490 e. The van der Waals surface area contributed by atoms with E-state index in [-0.39, 0.29) is 35.4 Å². The van der Waals surface area contributed by atoms with Crippen molar-refractivity contribution in [3.05, 3.63) is 35.9 Å². The predicted octanol–water partition coefficient (Wildman–Crippen LogP) is 0.462. The lowest BCUT2D eigenvalue weighted by Crippen LogP contribution is -2.33. The molecule has 2 rings (SSSR count). The van der Waals surface area contributed by atoms with E-state index >= 15 is 0 Å². The van der Waals surface area contributed by atoms with E-state index in [0.717, 1.165) is 0 Å². The molecule has 1 aromatic carbocycles. The van der Waals surface area contributed by atoms with Gasteiger partial charge in [0.05, 0.1) is 6.61 Å². The van der Waals surface area contributed by atoms with E-state index < -0.39 is 15.9 Å². The highest BCUT2D eigenvalue weighted by Crippen LogP contribution is 2.27. The molecule has 0 aliphatic heterocycles. The molecule has 0 atom stereocenters. The molecule has 0 bridgehead atoms. The smallest absolute Gasteiger partial charge is 0.267 e. The molecule has 0 spiro atoms. The number of rotatable bonds is 8. The van der Waals surface area contributed by atoms with Crippen LogP contribution in [0.2, 0.25) is 5.02 Å². The lowest BCUT2D eigenvalue weighted by molar-refractivity contribution is -0.120. The van der Waals surface area contributed by atoms with Crippen LogP contribution in [0.15, 0.2) is 35.7 Å². The summed E-state index contributed by atoms with van der Waals surface area (Å²) in [7, 11) is -2.67. The molecule has 0 fully saturated rings. The van der Waals surface area contributed by atoms with Gasteiger partial charge in [0.1, 0.15) is 36.5 Å². The first-order chi connectivity index (χ1) is 11.4. The number of halogens is 1. The fourth-order valence-corrected chi connectivity index (χ4v) is 3.13. The van der Waals surface area contributed by atoms with Crippen LogP contribution < -0.4 is 9.46 Å². The van der Waals surface area contributed by atoms with Gasteiger partial charge in [-0.15, -0.1) is 0 Å². The Balaban J connectivity index is 2.17. The number of aromatic nitrogens is 3. The Hall–Kier alpha value is -2.17. The molecular weight excluding hydrogens is 360 g/mol. The Morgan fingerprint density at radius 3 is 2.83 bits per heavy atom. The summed E-state index contributed by atoms with van der Waals surface area (Å²) in [6.07, 6.45) is 2.53. The number of hydrogen-bond acceptors (Lipinski definition) is 7. The minimum atomic E-state index is -4.16. The third-order valence-corrected chi connectivity index (χ3v) is 4.39. The first-order valence-electron chi connectivity index (χ1n) is 6.72. The second-order valence-electron chi connectivity index (χ2n) is 4.55. The summed E-state index contributed by atoms with van der Waals surface area (Å²) in [5.74, 6) is -0.708. The van der Waals surface area contributed by atoms with Gasteiger partial charge in [0.2, 0.25) is 0 Å². The molecule has 0 aliphatic carbocycles. The van der Waals surface area contributed by atoms with E-state index in [0.29, 0.717) is 0 Å². The number of benzene rings is 1. The normalized spacial score (nSPS) is 11.2. The topological polar surface area (TPSA) is 112 Å². The molecular formula is C13H15ClN4O5S. The fourth-order valence-electron chi connectivity index (χ4n) is 1.74. The maximum atomic E-state index is 12.4. The van der Waals surface area contributed by atoms with Crippen LogP contribution in [0.4, 0.5) is 0 Å². The molecule has 1 aromatic heterocycles. The Morgan fingerprint density at radius 2 is 2.17 bits per heavy atom. The van der Waals surface area contributed by atoms with Crippen LogP contribution in [0.5, 0.6) is 5.75 Å². The quantitative estimate of drug-likeness (QED) is 0.668. The number of nitrogens with zero attached hydrogens (tertiary/aromatic N) is 3. The molecule has 11 heteroatoms. The summed E-state index contributed by atoms with van der Waals surface area (Å²) in [5, 5.41) is 3.92. The standard InChI is InChI=1S/C13H15ClN4O5S/c1-22-4-5-23-11-3-2-10(14)6-12(11)24(20,21)17-13(19)7-18-9-15-8-16-18/h2-3,6,8-9H,4-5,7H2,1H3,(H,17,19). The highest BCUT2D eigenvalue weighted by Gasteiger charge is 2.23. The number of carbonyl (C=O) groups is 1. The Kier molecular flexibility index (Phi) is 6.12. The van der Waals surface area contributed by atoms with Crippen molar-refractivity contribution in [2.24, 2.45) is 0 Å². The minimum absolute atomic E-state index is 0.0671. The third-order valence-electron chi connectivity index (χ3n) is 2.76. The van der Waals surface area contributed by atoms with Crippen molar-refractivity contribution >= 4 is 27.5 Å². The number of carbonyl (C=O) groups excluding carboxylic acids is 1. The average molecular weight is 375 g/mol. The van der Waals surface area contributed by atoms with Crippen LogP contribution in [0, 0.1) is 0 Å². The summed E-state index contributed by atoms with van der Waals surface area (Å²) >= 11 is 5.86. The van der Waals surface area contributed by atoms with Gasteiger partial charge in [-0.25, -0.2) is 22.8 Å². The van der Waals surface area contributed by atoms with Crippen LogP contribution in [-0.4, -0.2) is 49.4 Å². The highest BCUT2D eigenvalue weighted by molar-refractivity contribution is 7.90. The number of ether oxygens (including phenoxy) is 2. The zero-order chi connectivity index (χ0) is 17.6. The molecule has 0 saturated carbocycles. The van der Waals surface area contributed by atoms with Crippen molar-refractivity contribution in [3.8, 4) is 5.75 Å². The molecule has 0 radical (unpaired) electrons. The van der Waals surface area contributed by atoms with Crippen molar-refractivity contribution in [3.63, 3.8) is 0 Å². The molecule has 1 amide bonds. The van der Waals surface area contributed by atoms with Gasteiger partial charge < -0.3 is 9.47 Å². The summed E-state index contributed by atoms with van der Waals surface area (Å²) in [4.78, 5) is 15.3. The van der Waals surface area contributed by atoms with Gasteiger partial charge in [-0.05, 0) is 18.2 Å². The van der Waals surface area contributed by atoms with Crippen molar-refractivity contribution < 1.29 is 22.7 Å². The van der Waals surface area contributed by atoms with Gasteiger partial charge in [0.25, 0.3) is 15.9 Å². The SMILES string of the molecule is COCCOc1ccc(Cl)cc1S(=O)(=O)NC(=O)Cn1cncn1. The molecule has 1 N–H and O–H groups in total.